The Labute approximate surface area is 153 Å². The van der Waals surface area contributed by atoms with Crippen LogP contribution in [0.4, 0.5) is 10.1 Å². The smallest absolute Gasteiger partial charge is 0.262 e. The zero-order chi connectivity index (χ0) is 17.8. The maximum Gasteiger partial charge on any atom is 0.262 e. The van der Waals surface area contributed by atoms with E-state index in [2.05, 4.69) is 10.3 Å². The van der Waals surface area contributed by atoms with Crippen LogP contribution in [0.2, 0.25) is 5.02 Å². The second kappa shape index (κ2) is 7.63. The van der Waals surface area contributed by atoms with Gasteiger partial charge in [0.15, 0.2) is 6.61 Å². The van der Waals surface area contributed by atoms with Gasteiger partial charge >= 0.3 is 0 Å². The van der Waals surface area contributed by atoms with Gasteiger partial charge in [0.1, 0.15) is 16.6 Å². The Hall–Kier alpha value is -2.44. The number of anilines is 1. The lowest BCUT2D eigenvalue weighted by Gasteiger charge is -2.09. The minimum atomic E-state index is -0.463. The average Bonchev–Trinajstić information content (AvgIpc) is 3.02. The zero-order valence-corrected chi connectivity index (χ0v) is 14.8. The van der Waals surface area contributed by atoms with Crippen molar-refractivity contribution in [3.05, 3.63) is 64.4 Å². The summed E-state index contributed by atoms with van der Waals surface area (Å²) in [5, 5.41) is 5.64. The number of rotatable bonds is 5. The third-order valence-corrected chi connectivity index (χ3v) is 4.62. The molecule has 3 rings (SSSR count). The zero-order valence-electron chi connectivity index (χ0n) is 13.3. The first-order chi connectivity index (χ1) is 12.0. The van der Waals surface area contributed by atoms with Crippen molar-refractivity contribution in [2.45, 2.75) is 6.92 Å². The molecule has 3 aromatic rings. The molecule has 2 aromatic carbocycles. The molecule has 25 heavy (non-hydrogen) atoms. The molecule has 1 aromatic heterocycles. The van der Waals surface area contributed by atoms with E-state index in [9.17, 15) is 9.18 Å². The molecule has 1 heterocycles. The number of aryl methyl sites for hydroxylation is 1. The summed E-state index contributed by atoms with van der Waals surface area (Å²) < 4.78 is 18.4. The van der Waals surface area contributed by atoms with E-state index >= 15 is 0 Å². The van der Waals surface area contributed by atoms with Crippen molar-refractivity contribution in [2.24, 2.45) is 0 Å². The van der Waals surface area contributed by atoms with Gasteiger partial charge in [-0.1, -0.05) is 11.6 Å². The van der Waals surface area contributed by atoms with Gasteiger partial charge in [0.05, 0.1) is 10.7 Å². The molecular weight excluding hydrogens is 363 g/mol. The Morgan fingerprint density at radius 3 is 2.68 bits per heavy atom. The molecule has 0 bridgehead atoms. The highest BCUT2D eigenvalue weighted by atomic mass is 35.5. The van der Waals surface area contributed by atoms with E-state index in [-0.39, 0.29) is 17.5 Å². The van der Waals surface area contributed by atoms with Crippen LogP contribution in [0.3, 0.4) is 0 Å². The fraction of sp³-hybridized carbons (Fsp3) is 0.111. The van der Waals surface area contributed by atoms with Gasteiger partial charge in [-0.2, -0.15) is 0 Å². The summed E-state index contributed by atoms with van der Waals surface area (Å²) in [5.74, 6) is -0.278. The molecule has 0 atom stereocenters. The lowest BCUT2D eigenvalue weighted by Crippen LogP contribution is -2.20. The first kappa shape index (κ1) is 17.4. The summed E-state index contributed by atoms with van der Waals surface area (Å²) in [6.45, 7) is 1.77. The van der Waals surface area contributed by atoms with Gasteiger partial charge in [-0.15, -0.1) is 11.3 Å². The lowest BCUT2D eigenvalue weighted by molar-refractivity contribution is -0.118. The Balaban J connectivity index is 1.57. The number of nitrogens with one attached hydrogen (secondary N) is 1. The van der Waals surface area contributed by atoms with Crippen LogP contribution < -0.4 is 10.1 Å². The highest BCUT2D eigenvalue weighted by Crippen LogP contribution is 2.26. The van der Waals surface area contributed by atoms with E-state index in [4.69, 9.17) is 16.3 Å². The molecule has 0 unspecified atom stereocenters. The molecule has 7 heteroatoms. The van der Waals surface area contributed by atoms with E-state index in [0.29, 0.717) is 11.4 Å². The maximum absolute atomic E-state index is 13.0. The number of hydrogen-bond donors (Lipinski definition) is 1. The van der Waals surface area contributed by atoms with Crippen molar-refractivity contribution in [2.75, 3.05) is 11.9 Å². The largest absolute Gasteiger partial charge is 0.484 e. The van der Waals surface area contributed by atoms with Crippen LogP contribution in [0.1, 0.15) is 5.69 Å². The van der Waals surface area contributed by atoms with Crippen molar-refractivity contribution < 1.29 is 13.9 Å². The predicted molar refractivity (Wildman–Crippen MR) is 97.8 cm³/mol. The Kier molecular flexibility index (Phi) is 5.31. The monoisotopic (exact) mass is 376 g/mol. The number of ether oxygens (including phenoxy) is 1. The molecule has 0 aliphatic heterocycles. The van der Waals surface area contributed by atoms with Crippen molar-refractivity contribution in [3.8, 4) is 16.3 Å². The second-order valence-corrected chi connectivity index (χ2v) is 6.54. The third kappa shape index (κ3) is 4.55. The van der Waals surface area contributed by atoms with E-state index in [0.717, 1.165) is 22.3 Å². The topological polar surface area (TPSA) is 51.2 Å². The van der Waals surface area contributed by atoms with Crippen LogP contribution in [0.5, 0.6) is 5.75 Å². The van der Waals surface area contributed by atoms with Crippen LogP contribution >= 0.6 is 22.9 Å². The maximum atomic E-state index is 13.0. The molecule has 1 N–H and O–H groups in total. The summed E-state index contributed by atoms with van der Waals surface area (Å²) in [6, 6.07) is 11.1. The highest BCUT2D eigenvalue weighted by molar-refractivity contribution is 7.13. The minimum absolute atomic E-state index is 0.136. The fourth-order valence-corrected chi connectivity index (χ4v) is 3.12. The predicted octanol–water partition coefficient (Wildman–Crippen LogP) is 4.93. The van der Waals surface area contributed by atoms with Crippen molar-refractivity contribution in [1.29, 1.82) is 0 Å². The molecule has 0 radical (unpaired) electrons. The van der Waals surface area contributed by atoms with Gasteiger partial charge in [0.25, 0.3) is 5.91 Å². The molecule has 0 fully saturated rings. The Bertz CT molecular complexity index is 896. The average molecular weight is 377 g/mol. The molecule has 0 spiro atoms. The van der Waals surface area contributed by atoms with Crippen molar-refractivity contribution in [3.63, 3.8) is 0 Å². The lowest BCUT2D eigenvalue weighted by atomic mass is 10.2. The first-order valence-corrected chi connectivity index (χ1v) is 8.67. The van der Waals surface area contributed by atoms with E-state index in [1.54, 1.807) is 23.5 Å². The number of hydrogen-bond acceptors (Lipinski definition) is 4. The number of amides is 1. The van der Waals surface area contributed by atoms with Crippen molar-refractivity contribution in [1.82, 2.24) is 4.98 Å². The molecule has 0 saturated carbocycles. The normalized spacial score (nSPS) is 10.5. The van der Waals surface area contributed by atoms with Crippen LogP contribution in [0.15, 0.2) is 47.8 Å². The first-order valence-electron chi connectivity index (χ1n) is 7.41. The van der Waals surface area contributed by atoms with Gasteiger partial charge in [-0.05, 0) is 49.4 Å². The van der Waals surface area contributed by atoms with Crippen LogP contribution in [-0.2, 0) is 4.79 Å². The minimum Gasteiger partial charge on any atom is -0.484 e. The van der Waals surface area contributed by atoms with Gasteiger partial charge in [-0.25, -0.2) is 9.37 Å². The summed E-state index contributed by atoms with van der Waals surface area (Å²) >= 11 is 7.44. The number of aromatic nitrogens is 1. The number of benzene rings is 2. The summed E-state index contributed by atoms with van der Waals surface area (Å²) in [5.41, 5.74) is 2.32. The molecule has 0 aliphatic rings. The molecule has 0 saturated heterocycles. The summed E-state index contributed by atoms with van der Waals surface area (Å²) in [7, 11) is 0. The molecule has 4 nitrogen and oxygen atoms in total. The number of carbonyl (C=O) groups is 1. The van der Waals surface area contributed by atoms with Crippen molar-refractivity contribution >= 4 is 34.5 Å². The van der Waals surface area contributed by atoms with E-state index in [1.807, 2.05) is 24.4 Å². The van der Waals surface area contributed by atoms with Crippen LogP contribution in [0.25, 0.3) is 10.6 Å². The highest BCUT2D eigenvalue weighted by Gasteiger charge is 2.08. The summed E-state index contributed by atoms with van der Waals surface area (Å²) in [6.07, 6.45) is 0. The van der Waals surface area contributed by atoms with Crippen LogP contribution in [0, 0.1) is 12.7 Å². The van der Waals surface area contributed by atoms with Gasteiger partial charge in [-0.3, -0.25) is 4.79 Å². The van der Waals surface area contributed by atoms with Crippen LogP contribution in [-0.4, -0.2) is 17.5 Å². The molecule has 1 amide bonds. The SMILES string of the molecule is Cc1csc(-c2ccc(OCC(=O)Nc3ccc(F)cc3Cl)cc2)n1. The standard InChI is InChI=1S/C18H14ClFN2O2S/c1-11-10-25-18(21-11)12-2-5-14(6-3-12)24-9-17(23)22-16-7-4-13(20)8-15(16)19/h2-8,10H,9H2,1H3,(H,22,23). The van der Waals surface area contributed by atoms with Gasteiger partial charge < -0.3 is 10.1 Å². The second-order valence-electron chi connectivity index (χ2n) is 5.28. The molecular formula is C18H14ClFN2O2S. The van der Waals surface area contributed by atoms with Gasteiger partial charge in [0, 0.05) is 16.6 Å². The Morgan fingerprint density at radius 2 is 2.04 bits per heavy atom. The Morgan fingerprint density at radius 1 is 1.28 bits per heavy atom. The van der Waals surface area contributed by atoms with E-state index < -0.39 is 5.82 Å². The molecule has 128 valence electrons. The van der Waals surface area contributed by atoms with Gasteiger partial charge in [0.2, 0.25) is 0 Å². The number of thiazole rings is 1. The fourth-order valence-electron chi connectivity index (χ4n) is 2.11. The molecule has 0 aliphatic carbocycles. The number of nitrogens with zero attached hydrogens (tertiary/aromatic N) is 1. The third-order valence-electron chi connectivity index (χ3n) is 3.30. The van der Waals surface area contributed by atoms with E-state index in [1.165, 1.54) is 12.1 Å². The number of halogens is 2. The quantitative estimate of drug-likeness (QED) is 0.687. The summed E-state index contributed by atoms with van der Waals surface area (Å²) in [4.78, 5) is 16.3. The number of carbonyl (C=O) groups excluding carboxylic acids is 1.